The zero-order valence-electron chi connectivity index (χ0n) is 10.3. The summed E-state index contributed by atoms with van der Waals surface area (Å²) in [4.78, 5) is 44.1. The van der Waals surface area contributed by atoms with Crippen molar-refractivity contribution in [3.8, 4) is 0 Å². The molecular formula is C10H15N3O5S. The number of carbonyl (C=O) groups excluding carboxylic acids is 2. The van der Waals surface area contributed by atoms with Crippen LogP contribution in [0.1, 0.15) is 19.8 Å². The van der Waals surface area contributed by atoms with E-state index < -0.39 is 35.2 Å². The van der Waals surface area contributed by atoms with Gasteiger partial charge in [0.15, 0.2) is 4.87 Å². The maximum absolute atomic E-state index is 12.3. The molecular weight excluding hydrogens is 274 g/mol. The van der Waals surface area contributed by atoms with Crippen molar-refractivity contribution < 1.29 is 19.5 Å². The van der Waals surface area contributed by atoms with Crippen molar-refractivity contribution in [2.45, 2.75) is 30.7 Å². The number of aliphatic carboxylic acids is 1. The van der Waals surface area contributed by atoms with Crippen molar-refractivity contribution in [3.05, 3.63) is 4.91 Å². The molecule has 0 saturated carbocycles. The summed E-state index contributed by atoms with van der Waals surface area (Å²) in [7, 11) is 0. The smallest absolute Gasteiger partial charge is 0.326 e. The van der Waals surface area contributed by atoms with Gasteiger partial charge in [-0.3, -0.25) is 9.59 Å². The second-order valence-electron chi connectivity index (χ2n) is 4.32. The van der Waals surface area contributed by atoms with Gasteiger partial charge < -0.3 is 15.3 Å². The van der Waals surface area contributed by atoms with Gasteiger partial charge in [-0.1, -0.05) is 5.18 Å². The molecule has 9 heteroatoms. The van der Waals surface area contributed by atoms with Crippen molar-refractivity contribution in [2.75, 3.05) is 13.1 Å². The van der Waals surface area contributed by atoms with Crippen LogP contribution in [0.2, 0.25) is 0 Å². The van der Waals surface area contributed by atoms with E-state index in [1.807, 2.05) is 0 Å². The number of likely N-dealkylation sites (tertiary alicyclic amines) is 1. The summed E-state index contributed by atoms with van der Waals surface area (Å²) in [5.41, 5.74) is 0. The highest BCUT2D eigenvalue weighted by Crippen LogP contribution is 2.24. The molecule has 0 aromatic heterocycles. The van der Waals surface area contributed by atoms with Crippen LogP contribution in [-0.4, -0.2) is 51.8 Å². The fraction of sp³-hybridized carbons (Fsp3) is 0.700. The first-order valence-corrected chi connectivity index (χ1v) is 6.10. The lowest BCUT2D eigenvalue weighted by Gasteiger charge is -2.32. The Bertz CT molecular complexity index is 416. The van der Waals surface area contributed by atoms with E-state index in [1.54, 1.807) is 0 Å². The Labute approximate surface area is 114 Å². The summed E-state index contributed by atoms with van der Waals surface area (Å²) < 4.78 is 0. The molecule has 1 aliphatic heterocycles. The Morgan fingerprint density at radius 2 is 2.16 bits per heavy atom. The van der Waals surface area contributed by atoms with Crippen LogP contribution in [0.4, 0.5) is 0 Å². The first-order chi connectivity index (χ1) is 8.81. The molecule has 1 saturated heterocycles. The van der Waals surface area contributed by atoms with Gasteiger partial charge in [0, 0.05) is 13.5 Å². The predicted octanol–water partition coefficient (Wildman–Crippen LogP) is -0.409. The minimum atomic E-state index is -1.80. The Hall–Kier alpha value is -1.64. The number of carboxylic acid groups (broad SMARTS) is 1. The molecule has 1 heterocycles. The number of hydrogen-bond donors (Lipinski definition) is 3. The largest absolute Gasteiger partial charge is 0.480 e. The van der Waals surface area contributed by atoms with Gasteiger partial charge in [0.05, 0.1) is 0 Å². The molecule has 2 amide bonds. The summed E-state index contributed by atoms with van der Waals surface area (Å²) in [5, 5.41) is 13.8. The lowest BCUT2D eigenvalue weighted by Crippen LogP contribution is -2.59. The van der Waals surface area contributed by atoms with Crippen LogP contribution in [0.25, 0.3) is 0 Å². The van der Waals surface area contributed by atoms with Gasteiger partial charge in [-0.05, 0) is 12.8 Å². The third kappa shape index (κ3) is 3.43. The van der Waals surface area contributed by atoms with Crippen molar-refractivity contribution in [1.82, 2.24) is 10.2 Å². The molecule has 19 heavy (non-hydrogen) atoms. The summed E-state index contributed by atoms with van der Waals surface area (Å²) in [6, 6.07) is -0.959. The zero-order chi connectivity index (χ0) is 14.6. The number of nitrogens with one attached hydrogen (secondary N) is 1. The molecule has 0 aromatic rings. The van der Waals surface area contributed by atoms with Crippen LogP contribution >= 0.6 is 12.6 Å². The van der Waals surface area contributed by atoms with E-state index in [0.29, 0.717) is 12.8 Å². The van der Waals surface area contributed by atoms with E-state index in [0.717, 1.165) is 4.90 Å². The minimum absolute atomic E-state index is 0.247. The van der Waals surface area contributed by atoms with Crippen LogP contribution in [0, 0.1) is 4.91 Å². The van der Waals surface area contributed by atoms with Crippen LogP contribution in [0.5, 0.6) is 0 Å². The fourth-order valence-corrected chi connectivity index (χ4v) is 2.39. The van der Waals surface area contributed by atoms with Crippen molar-refractivity contribution in [1.29, 1.82) is 0 Å². The number of nitrogens with zero attached hydrogens (tertiary/aromatic N) is 2. The van der Waals surface area contributed by atoms with Crippen molar-refractivity contribution in [3.63, 3.8) is 0 Å². The van der Waals surface area contributed by atoms with Gasteiger partial charge in [-0.2, -0.15) is 4.91 Å². The van der Waals surface area contributed by atoms with E-state index in [2.05, 4.69) is 23.1 Å². The average Bonchev–Trinajstić information content (AvgIpc) is 2.75. The van der Waals surface area contributed by atoms with Gasteiger partial charge in [0.1, 0.15) is 12.6 Å². The number of nitroso groups, excluding NO2 is 1. The maximum atomic E-state index is 12.3. The molecule has 2 N–H and O–H groups in total. The highest BCUT2D eigenvalue weighted by Gasteiger charge is 2.45. The number of carbonyl (C=O) groups is 3. The SMILES string of the molecule is CC(=O)N[C@@](S)(CN=O)C(=O)N1CCCC1C(=O)O. The average molecular weight is 289 g/mol. The van der Waals surface area contributed by atoms with Gasteiger partial charge in [0.25, 0.3) is 5.91 Å². The van der Waals surface area contributed by atoms with E-state index in [9.17, 15) is 19.3 Å². The zero-order valence-corrected chi connectivity index (χ0v) is 11.2. The highest BCUT2D eigenvalue weighted by molar-refractivity contribution is 7.82. The third-order valence-electron chi connectivity index (χ3n) is 2.83. The number of amides is 2. The molecule has 106 valence electrons. The second-order valence-corrected chi connectivity index (χ2v) is 5.09. The fourth-order valence-electron chi connectivity index (χ4n) is 2.05. The van der Waals surface area contributed by atoms with Gasteiger partial charge in [-0.15, -0.1) is 12.6 Å². The van der Waals surface area contributed by atoms with Gasteiger partial charge >= 0.3 is 5.97 Å². The molecule has 0 spiro atoms. The minimum Gasteiger partial charge on any atom is -0.480 e. The Morgan fingerprint density at radius 3 is 2.63 bits per heavy atom. The molecule has 1 fully saturated rings. The van der Waals surface area contributed by atoms with E-state index in [1.165, 1.54) is 6.92 Å². The van der Waals surface area contributed by atoms with Crippen LogP contribution < -0.4 is 5.32 Å². The third-order valence-corrected chi connectivity index (χ3v) is 3.27. The quantitative estimate of drug-likeness (QED) is 0.361. The first kappa shape index (κ1) is 15.4. The lowest BCUT2D eigenvalue weighted by atomic mass is 10.2. The highest BCUT2D eigenvalue weighted by atomic mass is 32.1. The molecule has 1 unspecified atom stereocenters. The molecule has 8 nitrogen and oxygen atoms in total. The van der Waals surface area contributed by atoms with Gasteiger partial charge in [-0.25, -0.2) is 4.79 Å². The van der Waals surface area contributed by atoms with Crippen molar-refractivity contribution >= 4 is 30.4 Å². The lowest BCUT2D eigenvalue weighted by molar-refractivity contribution is -0.149. The maximum Gasteiger partial charge on any atom is 0.326 e. The number of hydrogen-bond acceptors (Lipinski definition) is 6. The van der Waals surface area contributed by atoms with E-state index in [-0.39, 0.29) is 6.54 Å². The molecule has 2 atom stereocenters. The normalized spacial score (nSPS) is 21.6. The van der Waals surface area contributed by atoms with Crippen molar-refractivity contribution in [2.24, 2.45) is 5.18 Å². The summed E-state index contributed by atoms with van der Waals surface area (Å²) in [5.74, 6) is -2.41. The molecule has 0 bridgehead atoms. The standard InChI is InChI=1S/C10H15N3O5S/c1-6(14)12-10(19,5-11-18)9(17)13-4-2-3-7(13)8(15)16/h7,19H,2-5H2,1H3,(H,12,14)(H,15,16)/t7?,10-/m1/s1. The second kappa shape index (κ2) is 6.00. The summed E-state index contributed by atoms with van der Waals surface area (Å²) in [6.07, 6.45) is 0.876. The van der Waals surface area contributed by atoms with Crippen LogP contribution in [0.3, 0.4) is 0 Å². The van der Waals surface area contributed by atoms with Gasteiger partial charge in [0.2, 0.25) is 5.91 Å². The van der Waals surface area contributed by atoms with E-state index >= 15 is 0 Å². The molecule has 0 aromatic carbocycles. The van der Waals surface area contributed by atoms with Crippen LogP contribution in [0.15, 0.2) is 5.18 Å². The molecule has 1 rings (SSSR count). The Balaban J connectivity index is 2.96. The number of thiol groups is 1. The molecule has 1 aliphatic rings. The molecule has 0 radical (unpaired) electrons. The Morgan fingerprint density at radius 1 is 1.53 bits per heavy atom. The number of carboxylic acids is 1. The van der Waals surface area contributed by atoms with E-state index in [4.69, 9.17) is 5.11 Å². The predicted molar refractivity (Wildman–Crippen MR) is 68.6 cm³/mol. The summed E-state index contributed by atoms with van der Waals surface area (Å²) in [6.45, 7) is 0.843. The number of rotatable bonds is 5. The first-order valence-electron chi connectivity index (χ1n) is 5.66. The Kier molecular flexibility index (Phi) is 4.87. The monoisotopic (exact) mass is 289 g/mol. The molecule has 0 aliphatic carbocycles. The van der Waals surface area contributed by atoms with Crippen LogP contribution in [-0.2, 0) is 14.4 Å². The summed E-state index contributed by atoms with van der Waals surface area (Å²) >= 11 is 4.01. The topological polar surface area (TPSA) is 116 Å².